The molecule has 0 atom stereocenters. The monoisotopic (exact) mass is 403 g/mol. The zero-order valence-electron chi connectivity index (χ0n) is 15.1. The number of hydrogen-bond donors (Lipinski definition) is 0. The van der Waals surface area contributed by atoms with Crippen LogP contribution in [-0.4, -0.2) is 64.3 Å². The molecule has 3 aromatic rings. The van der Waals surface area contributed by atoms with Crippen LogP contribution in [0.3, 0.4) is 0 Å². The Morgan fingerprint density at radius 2 is 1.89 bits per heavy atom. The second kappa shape index (κ2) is 6.95. The van der Waals surface area contributed by atoms with Crippen molar-refractivity contribution in [3.05, 3.63) is 59.8 Å². The Labute approximate surface area is 161 Å². The molecule has 146 valence electrons. The van der Waals surface area contributed by atoms with Crippen LogP contribution in [0.15, 0.2) is 47.6 Å². The largest absolute Gasteiger partial charge is 0.336 e. The van der Waals surface area contributed by atoms with Gasteiger partial charge in [-0.1, -0.05) is 6.07 Å². The molecule has 1 aliphatic heterocycles. The highest BCUT2D eigenvalue weighted by atomic mass is 32.2. The van der Waals surface area contributed by atoms with Gasteiger partial charge in [-0.05, 0) is 31.2 Å². The molecule has 4 rings (SSSR count). The Bertz CT molecular complexity index is 1150. The van der Waals surface area contributed by atoms with E-state index in [1.54, 1.807) is 34.8 Å². The van der Waals surface area contributed by atoms with Crippen molar-refractivity contribution in [1.82, 2.24) is 23.8 Å². The number of benzene rings is 1. The maximum Gasteiger partial charge on any atom is 0.259 e. The summed E-state index contributed by atoms with van der Waals surface area (Å²) in [5, 5.41) is 4.30. The molecule has 3 heterocycles. The van der Waals surface area contributed by atoms with Crippen LogP contribution >= 0.6 is 0 Å². The first-order valence-electron chi connectivity index (χ1n) is 8.73. The number of carbonyl (C=O) groups excluding carboxylic acids is 1. The minimum absolute atomic E-state index is 0.0880. The second-order valence-electron chi connectivity index (χ2n) is 6.50. The van der Waals surface area contributed by atoms with Crippen LogP contribution in [0, 0.1) is 12.7 Å². The lowest BCUT2D eigenvalue weighted by Crippen LogP contribution is -2.50. The maximum atomic E-state index is 13.4. The molecule has 1 fully saturated rings. The molecular weight excluding hydrogens is 385 g/mol. The van der Waals surface area contributed by atoms with Crippen LogP contribution in [0.5, 0.6) is 0 Å². The Balaban J connectivity index is 1.52. The fourth-order valence-corrected chi connectivity index (χ4v) is 4.77. The fourth-order valence-electron chi connectivity index (χ4n) is 3.31. The molecule has 0 radical (unpaired) electrons. The standard InChI is InChI=1S/C18H18FN5O3S/c1-13-16(17-20-6-3-7-24(17)21-13)18(25)22-8-10-23(11-9-22)28(26,27)15-5-2-4-14(19)12-15/h2-7,12H,8-11H2,1H3. The van der Waals surface area contributed by atoms with Crippen molar-refractivity contribution in [2.75, 3.05) is 26.2 Å². The van der Waals surface area contributed by atoms with E-state index in [4.69, 9.17) is 0 Å². The summed E-state index contributed by atoms with van der Waals surface area (Å²) in [6, 6.07) is 6.65. The number of sulfonamides is 1. The van der Waals surface area contributed by atoms with Crippen LogP contribution in [0.1, 0.15) is 16.1 Å². The number of halogens is 1. The number of piperazine rings is 1. The topological polar surface area (TPSA) is 87.9 Å². The summed E-state index contributed by atoms with van der Waals surface area (Å²) in [5.74, 6) is -0.833. The third-order valence-corrected chi connectivity index (χ3v) is 6.64. The predicted octanol–water partition coefficient (Wildman–Crippen LogP) is 1.32. The van der Waals surface area contributed by atoms with E-state index in [2.05, 4.69) is 10.1 Å². The number of amides is 1. The van der Waals surface area contributed by atoms with E-state index in [-0.39, 0.29) is 37.0 Å². The van der Waals surface area contributed by atoms with Crippen molar-refractivity contribution >= 4 is 21.6 Å². The van der Waals surface area contributed by atoms with Crippen LogP contribution in [0.4, 0.5) is 4.39 Å². The Hall–Kier alpha value is -2.85. The first-order chi connectivity index (χ1) is 13.4. The van der Waals surface area contributed by atoms with Gasteiger partial charge in [0.1, 0.15) is 11.4 Å². The zero-order valence-corrected chi connectivity index (χ0v) is 15.9. The summed E-state index contributed by atoms with van der Waals surface area (Å²) >= 11 is 0. The summed E-state index contributed by atoms with van der Waals surface area (Å²) in [6.45, 7) is 2.48. The minimum Gasteiger partial charge on any atom is -0.336 e. The molecule has 0 unspecified atom stereocenters. The third kappa shape index (κ3) is 3.14. The first kappa shape index (κ1) is 18.5. The SMILES string of the molecule is Cc1nn2cccnc2c1C(=O)N1CCN(S(=O)(=O)c2cccc(F)c2)CC1. The normalized spacial score (nSPS) is 15.9. The predicted molar refractivity (Wildman–Crippen MR) is 98.8 cm³/mol. The molecule has 1 amide bonds. The van der Waals surface area contributed by atoms with Crippen LogP contribution < -0.4 is 0 Å². The van der Waals surface area contributed by atoms with Gasteiger partial charge in [-0.25, -0.2) is 22.3 Å². The molecule has 10 heteroatoms. The fraction of sp³-hybridized carbons (Fsp3) is 0.278. The Kier molecular flexibility index (Phi) is 4.60. The Morgan fingerprint density at radius 1 is 1.14 bits per heavy atom. The van der Waals surface area contributed by atoms with E-state index in [9.17, 15) is 17.6 Å². The van der Waals surface area contributed by atoms with E-state index in [1.165, 1.54) is 22.5 Å². The average molecular weight is 403 g/mol. The lowest BCUT2D eigenvalue weighted by molar-refractivity contribution is 0.0699. The van der Waals surface area contributed by atoms with Crippen LogP contribution in [0.2, 0.25) is 0 Å². The second-order valence-corrected chi connectivity index (χ2v) is 8.44. The lowest BCUT2D eigenvalue weighted by Gasteiger charge is -2.34. The summed E-state index contributed by atoms with van der Waals surface area (Å²) in [6.07, 6.45) is 3.31. The molecule has 8 nitrogen and oxygen atoms in total. The van der Waals surface area contributed by atoms with E-state index >= 15 is 0 Å². The van der Waals surface area contributed by atoms with Gasteiger partial charge in [-0.2, -0.15) is 9.40 Å². The van der Waals surface area contributed by atoms with Gasteiger partial charge in [-0.3, -0.25) is 4.79 Å². The van der Waals surface area contributed by atoms with Gasteiger partial charge in [0.15, 0.2) is 5.65 Å². The summed E-state index contributed by atoms with van der Waals surface area (Å²) < 4.78 is 41.6. The first-order valence-corrected chi connectivity index (χ1v) is 10.2. The van der Waals surface area contributed by atoms with Gasteiger partial charge in [-0.15, -0.1) is 0 Å². The summed E-state index contributed by atoms with van der Waals surface area (Å²) in [4.78, 5) is 18.7. The molecule has 0 aliphatic carbocycles. The van der Waals surface area contributed by atoms with Gasteiger partial charge >= 0.3 is 0 Å². The van der Waals surface area contributed by atoms with Gasteiger partial charge in [0, 0.05) is 38.6 Å². The summed E-state index contributed by atoms with van der Waals surface area (Å²) in [5.41, 5.74) is 1.46. The van der Waals surface area contributed by atoms with E-state index in [0.29, 0.717) is 16.9 Å². The molecule has 2 aromatic heterocycles. The third-order valence-electron chi connectivity index (χ3n) is 4.74. The minimum atomic E-state index is -3.80. The molecule has 1 aromatic carbocycles. The highest BCUT2D eigenvalue weighted by molar-refractivity contribution is 7.89. The van der Waals surface area contributed by atoms with Crippen molar-refractivity contribution < 1.29 is 17.6 Å². The molecular formula is C18H18FN5O3S. The van der Waals surface area contributed by atoms with Gasteiger partial charge in [0.25, 0.3) is 5.91 Å². The number of nitrogens with zero attached hydrogens (tertiary/aromatic N) is 5. The molecule has 0 bridgehead atoms. The number of hydrogen-bond acceptors (Lipinski definition) is 5. The highest BCUT2D eigenvalue weighted by Gasteiger charge is 2.32. The van der Waals surface area contributed by atoms with Crippen molar-refractivity contribution in [1.29, 1.82) is 0 Å². The van der Waals surface area contributed by atoms with Crippen molar-refractivity contribution in [2.24, 2.45) is 0 Å². The number of aryl methyl sites for hydroxylation is 1. The number of aromatic nitrogens is 3. The number of fused-ring (bicyclic) bond motifs is 1. The molecule has 1 aliphatic rings. The molecule has 0 spiro atoms. The van der Waals surface area contributed by atoms with E-state index in [0.717, 1.165) is 6.07 Å². The van der Waals surface area contributed by atoms with Gasteiger partial charge in [0.2, 0.25) is 10.0 Å². The average Bonchev–Trinajstić information content (AvgIpc) is 3.03. The summed E-state index contributed by atoms with van der Waals surface area (Å²) in [7, 11) is -3.80. The molecule has 0 saturated carbocycles. The molecule has 28 heavy (non-hydrogen) atoms. The van der Waals surface area contributed by atoms with Crippen molar-refractivity contribution in [2.45, 2.75) is 11.8 Å². The van der Waals surface area contributed by atoms with E-state index in [1.807, 2.05) is 0 Å². The van der Waals surface area contributed by atoms with Crippen LogP contribution in [0.25, 0.3) is 5.65 Å². The van der Waals surface area contributed by atoms with Crippen molar-refractivity contribution in [3.63, 3.8) is 0 Å². The lowest BCUT2D eigenvalue weighted by atomic mass is 10.2. The van der Waals surface area contributed by atoms with Gasteiger partial charge in [0.05, 0.1) is 10.6 Å². The smallest absolute Gasteiger partial charge is 0.259 e. The van der Waals surface area contributed by atoms with Gasteiger partial charge < -0.3 is 4.90 Å². The quantitative estimate of drug-likeness (QED) is 0.658. The van der Waals surface area contributed by atoms with E-state index < -0.39 is 15.8 Å². The Morgan fingerprint density at radius 3 is 2.61 bits per heavy atom. The van der Waals surface area contributed by atoms with Crippen LogP contribution in [-0.2, 0) is 10.0 Å². The number of carbonyl (C=O) groups is 1. The highest BCUT2D eigenvalue weighted by Crippen LogP contribution is 2.21. The molecule has 1 saturated heterocycles. The van der Waals surface area contributed by atoms with Crippen molar-refractivity contribution in [3.8, 4) is 0 Å². The zero-order chi connectivity index (χ0) is 19.9. The number of rotatable bonds is 3. The maximum absolute atomic E-state index is 13.4. The molecule has 0 N–H and O–H groups in total.